The zero-order valence-corrected chi connectivity index (χ0v) is 15.7. The summed E-state index contributed by atoms with van der Waals surface area (Å²) in [5.74, 6) is -0.635. The molecule has 1 N–H and O–H groups in total. The van der Waals surface area contributed by atoms with Gasteiger partial charge >= 0.3 is 0 Å². The Morgan fingerprint density at radius 3 is 2.70 bits per heavy atom. The van der Waals surface area contributed by atoms with Crippen molar-refractivity contribution in [2.24, 2.45) is 0 Å². The number of carbonyl (C=O) groups is 2. The highest BCUT2D eigenvalue weighted by atomic mass is 35.5. The molecule has 2 aliphatic rings. The molecule has 0 fully saturated rings. The molecule has 0 spiro atoms. The third kappa shape index (κ3) is 3.28. The van der Waals surface area contributed by atoms with Crippen molar-refractivity contribution < 1.29 is 14.5 Å². The number of nitrogens with zero attached hydrogens (tertiary/aromatic N) is 1. The summed E-state index contributed by atoms with van der Waals surface area (Å²) in [7, 11) is 0. The van der Waals surface area contributed by atoms with Gasteiger partial charge in [-0.05, 0) is 29.5 Å². The first kappa shape index (κ1) is 17.9. The van der Waals surface area contributed by atoms with Gasteiger partial charge in [-0.2, -0.15) is 0 Å². The van der Waals surface area contributed by atoms with Crippen LogP contribution in [0.1, 0.15) is 41.5 Å². The number of Topliss-reactive ketones (excluding diaryl/α,β-unsaturated/α-hetero) is 1. The molecule has 2 aromatic rings. The molecule has 2 atom stereocenters. The van der Waals surface area contributed by atoms with E-state index < -0.39 is 10.8 Å². The lowest BCUT2D eigenvalue weighted by Gasteiger charge is -2.34. The van der Waals surface area contributed by atoms with Gasteiger partial charge in [-0.25, -0.2) is 0 Å². The Balaban J connectivity index is 1.75. The van der Waals surface area contributed by atoms with Crippen LogP contribution < -0.4 is 5.32 Å². The maximum absolute atomic E-state index is 12.9. The molecule has 0 bridgehead atoms. The van der Waals surface area contributed by atoms with Crippen LogP contribution in [0.5, 0.6) is 0 Å². The van der Waals surface area contributed by atoms with Crippen molar-refractivity contribution in [3.63, 3.8) is 0 Å². The summed E-state index contributed by atoms with van der Waals surface area (Å²) in [5.41, 5.74) is 1.56. The van der Waals surface area contributed by atoms with Crippen molar-refractivity contribution in [3.05, 3.63) is 72.6 Å². The van der Waals surface area contributed by atoms with Gasteiger partial charge in [0.2, 0.25) is 5.91 Å². The summed E-state index contributed by atoms with van der Waals surface area (Å²) in [6, 6.07) is 8.42. The Bertz CT molecular complexity index is 984. The Kier molecular flexibility index (Phi) is 4.57. The average Bonchev–Trinajstić information content (AvgIpc) is 3.15. The maximum atomic E-state index is 12.9. The zero-order valence-electron chi connectivity index (χ0n) is 14.1. The number of benzene rings is 1. The quantitative estimate of drug-likeness (QED) is 0.611. The van der Waals surface area contributed by atoms with E-state index in [4.69, 9.17) is 11.6 Å². The molecule has 2 heterocycles. The average molecular weight is 403 g/mol. The van der Waals surface area contributed by atoms with Gasteiger partial charge in [0.25, 0.3) is 5.69 Å². The molecule has 0 saturated heterocycles. The third-order valence-corrected chi connectivity index (χ3v) is 6.41. The number of thiophene rings is 1. The van der Waals surface area contributed by atoms with Crippen LogP contribution in [-0.4, -0.2) is 16.6 Å². The number of amides is 1. The van der Waals surface area contributed by atoms with Gasteiger partial charge in [-0.15, -0.1) is 11.3 Å². The lowest BCUT2D eigenvalue weighted by Crippen LogP contribution is -2.38. The van der Waals surface area contributed by atoms with Crippen molar-refractivity contribution in [2.45, 2.75) is 31.1 Å². The van der Waals surface area contributed by atoms with E-state index in [9.17, 15) is 19.7 Å². The predicted octanol–water partition coefficient (Wildman–Crippen LogP) is 4.31. The monoisotopic (exact) mass is 402 g/mol. The molecule has 138 valence electrons. The van der Waals surface area contributed by atoms with Crippen LogP contribution >= 0.6 is 22.9 Å². The number of rotatable bonds is 3. The molecule has 1 aromatic heterocycles. The molecule has 1 aliphatic carbocycles. The summed E-state index contributed by atoms with van der Waals surface area (Å²) >= 11 is 7.50. The van der Waals surface area contributed by atoms with Gasteiger partial charge in [-0.3, -0.25) is 19.7 Å². The fourth-order valence-electron chi connectivity index (χ4n) is 3.86. The normalized spacial score (nSPS) is 22.4. The minimum absolute atomic E-state index is 0.0164. The van der Waals surface area contributed by atoms with Crippen LogP contribution in [-0.2, 0) is 9.59 Å². The highest BCUT2D eigenvalue weighted by molar-refractivity contribution is 7.10. The summed E-state index contributed by atoms with van der Waals surface area (Å²) in [5, 5.41) is 16.1. The van der Waals surface area contributed by atoms with Crippen molar-refractivity contribution in [3.8, 4) is 0 Å². The smallest absolute Gasteiger partial charge is 0.288 e. The van der Waals surface area contributed by atoms with Gasteiger partial charge in [0.15, 0.2) is 5.78 Å². The Morgan fingerprint density at radius 2 is 2.00 bits per heavy atom. The fourth-order valence-corrected chi connectivity index (χ4v) is 4.87. The van der Waals surface area contributed by atoms with Crippen LogP contribution in [0.2, 0.25) is 5.02 Å². The van der Waals surface area contributed by atoms with Gasteiger partial charge < -0.3 is 5.32 Å². The second-order valence-corrected chi connectivity index (χ2v) is 8.10. The number of halogens is 1. The Labute approximate surface area is 164 Å². The number of carbonyl (C=O) groups excluding carboxylic acids is 2. The van der Waals surface area contributed by atoms with Crippen LogP contribution in [0.4, 0.5) is 5.69 Å². The fraction of sp³-hybridized carbons (Fsp3) is 0.263. The molecule has 0 unspecified atom stereocenters. The highest BCUT2D eigenvalue weighted by Gasteiger charge is 2.38. The number of nitrogens with one attached hydrogen (secondary N) is 1. The van der Waals surface area contributed by atoms with Gasteiger partial charge in [0, 0.05) is 46.9 Å². The molecule has 0 saturated carbocycles. The van der Waals surface area contributed by atoms with Crippen molar-refractivity contribution in [1.29, 1.82) is 0 Å². The largest absolute Gasteiger partial charge is 0.329 e. The number of ketones is 1. The van der Waals surface area contributed by atoms with Crippen molar-refractivity contribution in [1.82, 2.24) is 5.32 Å². The lowest BCUT2D eigenvalue weighted by molar-refractivity contribution is -0.384. The Hall–Kier alpha value is -2.51. The first-order valence-electron chi connectivity index (χ1n) is 8.47. The van der Waals surface area contributed by atoms with E-state index in [0.29, 0.717) is 29.7 Å². The maximum Gasteiger partial charge on any atom is 0.288 e. The van der Waals surface area contributed by atoms with E-state index in [-0.39, 0.29) is 34.7 Å². The van der Waals surface area contributed by atoms with E-state index >= 15 is 0 Å². The summed E-state index contributed by atoms with van der Waals surface area (Å²) in [6.45, 7) is 0. The van der Waals surface area contributed by atoms with E-state index in [1.807, 2.05) is 17.5 Å². The zero-order chi connectivity index (χ0) is 19.1. The van der Waals surface area contributed by atoms with Gasteiger partial charge in [0.1, 0.15) is 5.02 Å². The summed E-state index contributed by atoms with van der Waals surface area (Å²) in [4.78, 5) is 37.0. The van der Waals surface area contributed by atoms with Crippen LogP contribution in [0.25, 0.3) is 0 Å². The second kappa shape index (κ2) is 6.90. The molecule has 1 amide bonds. The molecule has 1 aliphatic heterocycles. The van der Waals surface area contributed by atoms with Crippen LogP contribution in [0.3, 0.4) is 0 Å². The molecular formula is C19H15ClN2O4S. The van der Waals surface area contributed by atoms with E-state index in [1.54, 1.807) is 17.4 Å². The standard InChI is InChI=1S/C19H15ClN2O4S/c20-13-4-3-10(7-15(13)22(25)26)12-9-18(24)21-14-6-11(8-16(23)19(12)14)17-2-1-5-27-17/h1-5,7,11-12H,6,8-9H2,(H,21,24)/t11-,12-/m0/s1. The highest BCUT2D eigenvalue weighted by Crippen LogP contribution is 2.44. The molecule has 6 nitrogen and oxygen atoms in total. The lowest BCUT2D eigenvalue weighted by atomic mass is 9.74. The van der Waals surface area contributed by atoms with Gasteiger partial charge in [-0.1, -0.05) is 23.7 Å². The second-order valence-electron chi connectivity index (χ2n) is 6.71. The third-order valence-electron chi connectivity index (χ3n) is 5.05. The van der Waals surface area contributed by atoms with Crippen LogP contribution in [0.15, 0.2) is 47.0 Å². The molecule has 27 heavy (non-hydrogen) atoms. The van der Waals surface area contributed by atoms with Gasteiger partial charge in [0.05, 0.1) is 4.92 Å². The minimum Gasteiger partial charge on any atom is -0.329 e. The first-order valence-corrected chi connectivity index (χ1v) is 9.73. The first-order chi connectivity index (χ1) is 12.9. The summed E-state index contributed by atoms with van der Waals surface area (Å²) in [6.07, 6.45) is 1.05. The van der Waals surface area contributed by atoms with E-state index in [1.165, 1.54) is 12.1 Å². The molecule has 8 heteroatoms. The topological polar surface area (TPSA) is 89.3 Å². The van der Waals surface area contributed by atoms with Crippen molar-refractivity contribution in [2.75, 3.05) is 0 Å². The van der Waals surface area contributed by atoms with E-state index in [0.717, 1.165) is 4.88 Å². The minimum atomic E-state index is -0.556. The predicted molar refractivity (Wildman–Crippen MR) is 102 cm³/mol. The molecule has 0 radical (unpaired) electrons. The summed E-state index contributed by atoms with van der Waals surface area (Å²) < 4.78 is 0. The number of hydrogen-bond donors (Lipinski definition) is 1. The number of nitro benzene ring substituents is 1. The SMILES string of the molecule is O=C1C[C@@H](c2ccc(Cl)c([N+](=O)[O-])c2)C2=C(C[C@H](c3cccs3)CC2=O)N1. The Morgan fingerprint density at radius 1 is 1.19 bits per heavy atom. The number of allylic oxidation sites excluding steroid dienone is 2. The van der Waals surface area contributed by atoms with E-state index in [2.05, 4.69) is 5.32 Å². The van der Waals surface area contributed by atoms with Crippen LogP contribution in [0, 0.1) is 10.1 Å². The van der Waals surface area contributed by atoms with Crippen molar-refractivity contribution >= 4 is 40.3 Å². The number of nitro groups is 1. The number of hydrogen-bond acceptors (Lipinski definition) is 5. The molecular weight excluding hydrogens is 388 g/mol. The molecule has 4 rings (SSSR count). The molecule has 1 aromatic carbocycles.